The first-order valence-corrected chi connectivity index (χ1v) is 7.23. The van der Waals surface area contributed by atoms with Crippen molar-refractivity contribution in [1.29, 1.82) is 0 Å². The fourth-order valence-electron chi connectivity index (χ4n) is 1.90. The molecular formula is C13H10BrF4NS. The van der Waals surface area contributed by atoms with E-state index < -0.39 is 17.6 Å². The second kappa shape index (κ2) is 5.83. The van der Waals surface area contributed by atoms with Crippen molar-refractivity contribution < 1.29 is 17.6 Å². The van der Waals surface area contributed by atoms with Crippen LogP contribution in [-0.4, -0.2) is 7.05 Å². The molecule has 108 valence electrons. The van der Waals surface area contributed by atoms with E-state index in [1.165, 1.54) is 17.4 Å². The van der Waals surface area contributed by atoms with Crippen molar-refractivity contribution in [3.05, 3.63) is 55.9 Å². The van der Waals surface area contributed by atoms with Crippen LogP contribution in [0.4, 0.5) is 17.6 Å². The molecule has 0 saturated carbocycles. The molecule has 2 rings (SSSR count). The topological polar surface area (TPSA) is 12.0 Å². The van der Waals surface area contributed by atoms with E-state index in [1.54, 1.807) is 7.05 Å². The second-order valence-electron chi connectivity index (χ2n) is 4.10. The third-order valence-electron chi connectivity index (χ3n) is 2.80. The summed E-state index contributed by atoms with van der Waals surface area (Å²) in [5.41, 5.74) is -0.796. The number of benzene rings is 1. The van der Waals surface area contributed by atoms with Crippen LogP contribution in [-0.2, 0) is 6.18 Å². The maximum absolute atomic E-state index is 13.6. The van der Waals surface area contributed by atoms with Crippen molar-refractivity contribution in [3.8, 4) is 0 Å². The lowest BCUT2D eigenvalue weighted by atomic mass is 10.0. The molecule has 1 unspecified atom stereocenters. The van der Waals surface area contributed by atoms with Crippen molar-refractivity contribution in [3.63, 3.8) is 0 Å². The molecule has 0 aliphatic carbocycles. The lowest BCUT2D eigenvalue weighted by molar-refractivity contribution is -0.140. The van der Waals surface area contributed by atoms with E-state index in [1.807, 2.05) is 12.1 Å². The van der Waals surface area contributed by atoms with Crippen LogP contribution in [0.1, 0.15) is 22.0 Å². The Morgan fingerprint density at radius 3 is 2.35 bits per heavy atom. The molecule has 1 nitrogen and oxygen atoms in total. The van der Waals surface area contributed by atoms with E-state index in [0.29, 0.717) is 5.56 Å². The zero-order chi connectivity index (χ0) is 14.9. The van der Waals surface area contributed by atoms with Gasteiger partial charge in [0.15, 0.2) is 0 Å². The lowest BCUT2D eigenvalue weighted by Crippen LogP contribution is -2.17. The first-order valence-electron chi connectivity index (χ1n) is 5.62. The Balaban J connectivity index is 2.39. The standard InChI is InChI=1S/C13H10BrF4NS/c1-19-12(10-4-5-11(14)20-10)7-2-3-8(9(15)6-7)13(16,17)18/h2-6,12,19H,1H3. The fraction of sp³-hybridized carbons (Fsp3) is 0.231. The molecule has 1 atom stereocenters. The zero-order valence-corrected chi connectivity index (χ0v) is 12.7. The van der Waals surface area contributed by atoms with E-state index >= 15 is 0 Å². The summed E-state index contributed by atoms with van der Waals surface area (Å²) < 4.78 is 52.1. The highest BCUT2D eigenvalue weighted by Gasteiger charge is 2.34. The molecule has 7 heteroatoms. The number of rotatable bonds is 3. The number of hydrogen-bond donors (Lipinski definition) is 1. The first-order chi connectivity index (χ1) is 9.32. The Labute approximate surface area is 125 Å². The maximum Gasteiger partial charge on any atom is 0.419 e. The number of thiophene rings is 1. The lowest BCUT2D eigenvalue weighted by Gasteiger charge is -2.16. The van der Waals surface area contributed by atoms with Crippen LogP contribution >= 0.6 is 27.3 Å². The molecule has 20 heavy (non-hydrogen) atoms. The molecule has 0 spiro atoms. The van der Waals surface area contributed by atoms with Crippen LogP contribution in [0.25, 0.3) is 0 Å². The molecule has 0 bridgehead atoms. The van der Waals surface area contributed by atoms with Gasteiger partial charge in [0.05, 0.1) is 15.4 Å². The van der Waals surface area contributed by atoms with Gasteiger partial charge in [-0.15, -0.1) is 11.3 Å². The molecule has 0 aliphatic heterocycles. The van der Waals surface area contributed by atoms with Crippen LogP contribution in [0.5, 0.6) is 0 Å². The van der Waals surface area contributed by atoms with Gasteiger partial charge in [-0.25, -0.2) is 4.39 Å². The Bertz CT molecular complexity index is 609. The van der Waals surface area contributed by atoms with Crippen LogP contribution < -0.4 is 5.32 Å². The zero-order valence-electron chi connectivity index (χ0n) is 10.3. The number of halogens is 5. The number of nitrogens with one attached hydrogen (secondary N) is 1. The highest BCUT2D eigenvalue weighted by atomic mass is 79.9. The highest BCUT2D eigenvalue weighted by Crippen LogP contribution is 2.35. The van der Waals surface area contributed by atoms with Crippen molar-refractivity contribution in [2.45, 2.75) is 12.2 Å². The minimum Gasteiger partial charge on any atom is -0.309 e. The Morgan fingerprint density at radius 2 is 1.90 bits per heavy atom. The van der Waals surface area contributed by atoms with Crippen LogP contribution in [0.15, 0.2) is 34.1 Å². The Kier molecular flexibility index (Phi) is 4.51. The quantitative estimate of drug-likeness (QED) is 0.754. The molecule has 1 N–H and O–H groups in total. The van der Waals surface area contributed by atoms with Gasteiger partial charge >= 0.3 is 6.18 Å². The van der Waals surface area contributed by atoms with E-state index in [2.05, 4.69) is 21.2 Å². The molecule has 0 saturated heterocycles. The first kappa shape index (κ1) is 15.5. The molecule has 1 aromatic heterocycles. The molecule has 0 amide bonds. The largest absolute Gasteiger partial charge is 0.419 e. The van der Waals surface area contributed by atoms with Gasteiger partial charge in [0.25, 0.3) is 0 Å². The van der Waals surface area contributed by atoms with E-state index in [9.17, 15) is 17.6 Å². The minimum absolute atomic E-state index is 0.344. The van der Waals surface area contributed by atoms with Gasteiger partial charge in [-0.3, -0.25) is 0 Å². The maximum atomic E-state index is 13.6. The monoisotopic (exact) mass is 367 g/mol. The van der Waals surface area contributed by atoms with Crippen molar-refractivity contribution in [2.75, 3.05) is 7.05 Å². The van der Waals surface area contributed by atoms with Gasteiger partial charge in [0, 0.05) is 4.88 Å². The van der Waals surface area contributed by atoms with Crippen molar-refractivity contribution in [2.24, 2.45) is 0 Å². The Morgan fingerprint density at radius 1 is 1.20 bits per heavy atom. The van der Waals surface area contributed by atoms with Gasteiger partial charge in [0.2, 0.25) is 0 Å². The molecule has 2 aromatic rings. The van der Waals surface area contributed by atoms with E-state index in [0.717, 1.165) is 20.8 Å². The number of hydrogen-bond acceptors (Lipinski definition) is 2. The summed E-state index contributed by atoms with van der Waals surface area (Å²) in [5, 5.41) is 2.98. The minimum atomic E-state index is -4.68. The van der Waals surface area contributed by atoms with Gasteiger partial charge in [-0.1, -0.05) is 6.07 Å². The molecule has 0 fully saturated rings. The van der Waals surface area contributed by atoms with Crippen LogP contribution in [0.2, 0.25) is 0 Å². The smallest absolute Gasteiger partial charge is 0.309 e. The summed E-state index contributed by atoms with van der Waals surface area (Å²) in [4.78, 5) is 0.888. The van der Waals surface area contributed by atoms with Gasteiger partial charge in [-0.05, 0) is 52.8 Å². The second-order valence-corrected chi connectivity index (χ2v) is 6.60. The van der Waals surface area contributed by atoms with Crippen LogP contribution in [0, 0.1) is 5.82 Å². The predicted octanol–water partition coefficient (Wildman–Crippen LogP) is 4.98. The molecule has 1 aromatic carbocycles. The average Bonchev–Trinajstić information content (AvgIpc) is 2.75. The van der Waals surface area contributed by atoms with Crippen molar-refractivity contribution >= 4 is 27.3 Å². The van der Waals surface area contributed by atoms with Gasteiger partial charge in [0.1, 0.15) is 5.82 Å². The average molecular weight is 368 g/mol. The SMILES string of the molecule is CNC(c1ccc(C(F)(F)F)c(F)c1)c1ccc(Br)s1. The summed E-state index contributed by atoms with van der Waals surface area (Å²) in [7, 11) is 1.67. The molecule has 1 heterocycles. The van der Waals surface area contributed by atoms with Gasteiger partial charge in [-0.2, -0.15) is 13.2 Å². The third-order valence-corrected chi connectivity index (χ3v) is 4.49. The summed E-state index contributed by atoms with van der Waals surface area (Å²) in [5.74, 6) is -1.26. The van der Waals surface area contributed by atoms with Crippen LogP contribution in [0.3, 0.4) is 0 Å². The van der Waals surface area contributed by atoms with Gasteiger partial charge < -0.3 is 5.32 Å². The van der Waals surface area contributed by atoms with Crippen molar-refractivity contribution in [1.82, 2.24) is 5.32 Å². The fourth-order valence-corrected chi connectivity index (χ4v) is 3.46. The normalized spacial score (nSPS) is 13.5. The molecule has 0 radical (unpaired) electrons. The summed E-state index contributed by atoms with van der Waals surface area (Å²) in [6, 6.07) is 6.33. The van der Waals surface area contributed by atoms with E-state index in [4.69, 9.17) is 0 Å². The molecule has 0 aliphatic rings. The predicted molar refractivity (Wildman–Crippen MR) is 74.3 cm³/mol. The third kappa shape index (κ3) is 3.21. The van der Waals surface area contributed by atoms with E-state index in [-0.39, 0.29) is 6.04 Å². The summed E-state index contributed by atoms with van der Waals surface area (Å²) in [6.45, 7) is 0. The Hall–Kier alpha value is -0.920. The molecular weight excluding hydrogens is 358 g/mol. The summed E-state index contributed by atoms with van der Waals surface area (Å²) >= 11 is 4.76. The number of alkyl halides is 3. The highest BCUT2D eigenvalue weighted by molar-refractivity contribution is 9.11. The summed E-state index contributed by atoms with van der Waals surface area (Å²) in [6.07, 6.45) is -4.68.